The first-order valence-electron chi connectivity index (χ1n) is 7.54. The summed E-state index contributed by atoms with van der Waals surface area (Å²) in [6.07, 6.45) is 1.77. The van der Waals surface area contributed by atoms with E-state index in [2.05, 4.69) is 15.6 Å². The van der Waals surface area contributed by atoms with Gasteiger partial charge in [-0.05, 0) is 30.2 Å². The third-order valence-electron chi connectivity index (χ3n) is 3.44. The van der Waals surface area contributed by atoms with Crippen LogP contribution < -0.4 is 15.5 Å². The van der Waals surface area contributed by atoms with Crippen molar-refractivity contribution in [3.05, 3.63) is 59.3 Å². The summed E-state index contributed by atoms with van der Waals surface area (Å²) in [5.74, 6) is -0.386. The van der Waals surface area contributed by atoms with Gasteiger partial charge in [-0.2, -0.15) is 0 Å². The van der Waals surface area contributed by atoms with Gasteiger partial charge in [0.15, 0.2) is 0 Å². The molecule has 0 aliphatic rings. The molecule has 5 nitrogen and oxygen atoms in total. The number of rotatable bonds is 6. The number of amides is 2. The molecule has 0 saturated carbocycles. The third kappa shape index (κ3) is 4.91. The SMILES string of the molecule is CN(C)c1ccc(CNC(=O)NCCc2c(F)cccc2F)cn1. The Balaban J connectivity index is 1.75. The molecular formula is C17H20F2N4O. The largest absolute Gasteiger partial charge is 0.363 e. The minimum Gasteiger partial charge on any atom is -0.363 e. The van der Waals surface area contributed by atoms with Crippen LogP contribution in [0.15, 0.2) is 36.5 Å². The van der Waals surface area contributed by atoms with E-state index in [-0.39, 0.29) is 18.5 Å². The number of aromatic nitrogens is 1. The van der Waals surface area contributed by atoms with Gasteiger partial charge in [0.2, 0.25) is 0 Å². The number of pyridine rings is 1. The van der Waals surface area contributed by atoms with E-state index in [1.54, 1.807) is 6.20 Å². The molecule has 0 radical (unpaired) electrons. The summed E-state index contributed by atoms with van der Waals surface area (Å²) in [5.41, 5.74) is 0.831. The van der Waals surface area contributed by atoms with Gasteiger partial charge < -0.3 is 15.5 Å². The molecule has 24 heavy (non-hydrogen) atoms. The van der Waals surface area contributed by atoms with E-state index in [1.807, 2.05) is 31.1 Å². The first-order chi connectivity index (χ1) is 11.5. The van der Waals surface area contributed by atoms with Crippen molar-refractivity contribution in [3.8, 4) is 0 Å². The maximum absolute atomic E-state index is 13.5. The van der Waals surface area contributed by atoms with E-state index in [9.17, 15) is 13.6 Å². The van der Waals surface area contributed by atoms with Gasteiger partial charge in [-0.15, -0.1) is 0 Å². The topological polar surface area (TPSA) is 57.3 Å². The smallest absolute Gasteiger partial charge is 0.315 e. The molecule has 0 aliphatic carbocycles. The van der Waals surface area contributed by atoms with Crippen LogP contribution in [0.25, 0.3) is 0 Å². The average Bonchev–Trinajstić information content (AvgIpc) is 2.56. The second-order valence-electron chi connectivity index (χ2n) is 5.48. The van der Waals surface area contributed by atoms with Crippen molar-refractivity contribution in [3.63, 3.8) is 0 Å². The second-order valence-corrected chi connectivity index (χ2v) is 5.48. The first-order valence-corrected chi connectivity index (χ1v) is 7.54. The van der Waals surface area contributed by atoms with Crippen LogP contribution in [-0.2, 0) is 13.0 Å². The Bertz CT molecular complexity index is 669. The number of nitrogens with zero attached hydrogens (tertiary/aromatic N) is 2. The lowest BCUT2D eigenvalue weighted by atomic mass is 10.1. The zero-order valence-corrected chi connectivity index (χ0v) is 13.6. The Morgan fingerprint density at radius 3 is 2.42 bits per heavy atom. The second kappa shape index (κ2) is 8.24. The average molecular weight is 334 g/mol. The molecule has 128 valence electrons. The Hall–Kier alpha value is -2.70. The number of carbonyl (C=O) groups excluding carboxylic acids is 1. The molecule has 1 aromatic heterocycles. The summed E-state index contributed by atoms with van der Waals surface area (Å²) >= 11 is 0. The van der Waals surface area contributed by atoms with Crippen molar-refractivity contribution >= 4 is 11.8 Å². The highest BCUT2D eigenvalue weighted by Crippen LogP contribution is 2.12. The number of nitrogens with one attached hydrogen (secondary N) is 2. The van der Waals surface area contributed by atoms with E-state index >= 15 is 0 Å². The van der Waals surface area contributed by atoms with Gasteiger partial charge in [0.05, 0.1) is 0 Å². The monoisotopic (exact) mass is 334 g/mol. The van der Waals surface area contributed by atoms with E-state index in [0.717, 1.165) is 11.4 Å². The van der Waals surface area contributed by atoms with Crippen LogP contribution in [0.1, 0.15) is 11.1 Å². The quantitative estimate of drug-likeness (QED) is 0.853. The zero-order chi connectivity index (χ0) is 17.5. The number of benzene rings is 1. The lowest BCUT2D eigenvalue weighted by Gasteiger charge is -2.12. The maximum atomic E-state index is 13.5. The molecule has 1 aromatic carbocycles. The van der Waals surface area contributed by atoms with Gasteiger partial charge in [0, 0.05) is 38.9 Å². The van der Waals surface area contributed by atoms with Crippen LogP contribution in [0.5, 0.6) is 0 Å². The number of hydrogen-bond donors (Lipinski definition) is 2. The fourth-order valence-electron chi connectivity index (χ4n) is 2.10. The number of urea groups is 1. The lowest BCUT2D eigenvalue weighted by molar-refractivity contribution is 0.240. The van der Waals surface area contributed by atoms with Crippen LogP contribution in [0.3, 0.4) is 0 Å². The molecule has 0 saturated heterocycles. The lowest BCUT2D eigenvalue weighted by Crippen LogP contribution is -2.36. The van der Waals surface area contributed by atoms with Crippen molar-refractivity contribution in [2.45, 2.75) is 13.0 Å². The van der Waals surface area contributed by atoms with Crippen molar-refractivity contribution in [2.75, 3.05) is 25.5 Å². The van der Waals surface area contributed by atoms with Crippen molar-refractivity contribution < 1.29 is 13.6 Å². The Kier molecular flexibility index (Phi) is 6.06. The van der Waals surface area contributed by atoms with Crippen molar-refractivity contribution in [2.24, 2.45) is 0 Å². The predicted molar refractivity (Wildman–Crippen MR) is 88.9 cm³/mol. The maximum Gasteiger partial charge on any atom is 0.315 e. The van der Waals surface area contributed by atoms with Crippen molar-refractivity contribution in [1.29, 1.82) is 0 Å². The number of hydrogen-bond acceptors (Lipinski definition) is 3. The normalized spacial score (nSPS) is 10.3. The Labute approximate surface area is 139 Å². The number of carbonyl (C=O) groups is 1. The summed E-state index contributed by atoms with van der Waals surface area (Å²) in [6.45, 7) is 0.460. The van der Waals surface area contributed by atoms with Gasteiger partial charge in [-0.1, -0.05) is 12.1 Å². The molecule has 0 atom stereocenters. The summed E-state index contributed by atoms with van der Waals surface area (Å²) in [4.78, 5) is 17.8. The van der Waals surface area contributed by atoms with Crippen molar-refractivity contribution in [1.82, 2.24) is 15.6 Å². The minimum absolute atomic E-state index is 0.0266. The number of anilines is 1. The molecule has 0 unspecified atom stereocenters. The highest BCUT2D eigenvalue weighted by atomic mass is 19.1. The highest BCUT2D eigenvalue weighted by Gasteiger charge is 2.08. The number of halogens is 2. The molecule has 0 aliphatic heterocycles. The van der Waals surface area contributed by atoms with Crippen LogP contribution in [0.4, 0.5) is 19.4 Å². The molecule has 0 fully saturated rings. The van der Waals surface area contributed by atoms with Crippen LogP contribution >= 0.6 is 0 Å². The molecule has 1 heterocycles. The zero-order valence-electron chi connectivity index (χ0n) is 13.6. The Morgan fingerprint density at radius 2 is 1.83 bits per heavy atom. The molecule has 7 heteroatoms. The standard InChI is InChI=1S/C17H20F2N4O/c1-23(2)16-7-6-12(10-21-16)11-22-17(24)20-9-8-13-14(18)4-3-5-15(13)19/h3-7,10H,8-9,11H2,1-2H3,(H2,20,22,24). The first kappa shape index (κ1) is 17.7. The molecule has 0 bridgehead atoms. The molecule has 2 amide bonds. The van der Waals surface area contributed by atoms with Gasteiger partial charge in [0.1, 0.15) is 17.5 Å². The molecule has 0 spiro atoms. The predicted octanol–water partition coefficient (Wildman–Crippen LogP) is 2.47. The summed E-state index contributed by atoms with van der Waals surface area (Å²) in [6, 6.07) is 7.03. The highest BCUT2D eigenvalue weighted by molar-refractivity contribution is 5.73. The fourth-order valence-corrected chi connectivity index (χ4v) is 2.10. The fraction of sp³-hybridized carbons (Fsp3) is 0.294. The van der Waals surface area contributed by atoms with E-state index in [0.29, 0.717) is 6.54 Å². The Morgan fingerprint density at radius 1 is 1.12 bits per heavy atom. The van der Waals surface area contributed by atoms with Crippen LogP contribution in [0, 0.1) is 11.6 Å². The molecule has 2 N–H and O–H groups in total. The van der Waals surface area contributed by atoms with Gasteiger partial charge in [-0.3, -0.25) is 0 Å². The van der Waals surface area contributed by atoms with E-state index in [4.69, 9.17) is 0 Å². The molecular weight excluding hydrogens is 314 g/mol. The van der Waals surface area contributed by atoms with Gasteiger partial charge in [0.25, 0.3) is 0 Å². The molecule has 2 aromatic rings. The van der Waals surface area contributed by atoms with Crippen LogP contribution in [0.2, 0.25) is 0 Å². The van der Waals surface area contributed by atoms with Gasteiger partial charge >= 0.3 is 6.03 Å². The van der Waals surface area contributed by atoms with Gasteiger partial charge in [-0.25, -0.2) is 18.6 Å². The summed E-state index contributed by atoms with van der Waals surface area (Å²) in [7, 11) is 3.79. The van der Waals surface area contributed by atoms with E-state index in [1.165, 1.54) is 18.2 Å². The van der Waals surface area contributed by atoms with E-state index < -0.39 is 17.7 Å². The van der Waals surface area contributed by atoms with Crippen LogP contribution in [-0.4, -0.2) is 31.7 Å². The third-order valence-corrected chi connectivity index (χ3v) is 3.44. The molecule has 2 rings (SSSR count). The minimum atomic E-state index is -0.607. The summed E-state index contributed by atoms with van der Waals surface area (Å²) < 4.78 is 26.9. The summed E-state index contributed by atoms with van der Waals surface area (Å²) in [5, 5.41) is 5.25.